The Balaban J connectivity index is 1.63. The number of carbonyl (C=O) groups is 1. The van der Waals surface area contributed by atoms with Gasteiger partial charge in [-0.15, -0.1) is 0 Å². The van der Waals surface area contributed by atoms with Gasteiger partial charge in [0.2, 0.25) is 0 Å². The fourth-order valence-electron chi connectivity index (χ4n) is 2.65. The summed E-state index contributed by atoms with van der Waals surface area (Å²) < 4.78 is 0. The van der Waals surface area contributed by atoms with Gasteiger partial charge in [0.05, 0.1) is 11.9 Å². The van der Waals surface area contributed by atoms with Crippen molar-refractivity contribution in [2.75, 3.05) is 10.6 Å². The van der Waals surface area contributed by atoms with Crippen LogP contribution >= 0.6 is 0 Å². The van der Waals surface area contributed by atoms with Gasteiger partial charge < -0.3 is 10.6 Å². The normalized spacial score (nSPS) is 11.1. The molecule has 2 aromatic carbocycles. The molecule has 1 aromatic heterocycles. The predicted molar refractivity (Wildman–Crippen MR) is 112 cm³/mol. The van der Waals surface area contributed by atoms with Gasteiger partial charge in [-0.1, -0.05) is 50.6 Å². The predicted octanol–water partition coefficient (Wildman–Crippen LogP) is 5.68. The number of benzene rings is 2. The second-order valence-corrected chi connectivity index (χ2v) is 7.70. The number of hydrogen-bond donors (Lipinski definition) is 2. The van der Waals surface area contributed by atoms with Gasteiger partial charge in [0.1, 0.15) is 5.82 Å². The molecule has 0 aliphatic rings. The number of aryl methyl sites for hydroxylation is 1. The molecule has 0 aliphatic carbocycles. The highest BCUT2D eigenvalue weighted by atomic mass is 16.1. The number of aromatic nitrogens is 1. The van der Waals surface area contributed by atoms with Crippen molar-refractivity contribution in [3.8, 4) is 0 Å². The lowest BCUT2D eigenvalue weighted by Crippen LogP contribution is -2.12. The molecule has 0 saturated heterocycles. The van der Waals surface area contributed by atoms with Crippen LogP contribution in [-0.2, 0) is 5.41 Å². The number of pyridine rings is 1. The number of carbonyl (C=O) groups excluding carboxylic acids is 1. The maximum Gasteiger partial charge on any atom is 0.255 e. The minimum Gasteiger partial charge on any atom is -0.340 e. The summed E-state index contributed by atoms with van der Waals surface area (Å²) in [5.41, 5.74) is 4.81. The summed E-state index contributed by atoms with van der Waals surface area (Å²) >= 11 is 0. The van der Waals surface area contributed by atoms with Gasteiger partial charge in [0, 0.05) is 11.3 Å². The third-order valence-corrected chi connectivity index (χ3v) is 4.36. The quantitative estimate of drug-likeness (QED) is 0.630. The molecule has 0 unspecified atom stereocenters. The molecule has 0 radical (unpaired) electrons. The van der Waals surface area contributed by atoms with Gasteiger partial charge in [0.25, 0.3) is 5.91 Å². The number of amides is 1. The first-order valence-corrected chi connectivity index (χ1v) is 9.03. The van der Waals surface area contributed by atoms with E-state index in [4.69, 9.17) is 0 Å². The lowest BCUT2D eigenvalue weighted by molar-refractivity contribution is 0.102. The van der Waals surface area contributed by atoms with Crippen LogP contribution in [0.1, 0.15) is 42.3 Å². The Labute approximate surface area is 160 Å². The topological polar surface area (TPSA) is 54.0 Å². The fourth-order valence-corrected chi connectivity index (χ4v) is 2.65. The van der Waals surface area contributed by atoms with E-state index in [1.54, 1.807) is 6.20 Å². The van der Waals surface area contributed by atoms with Crippen molar-refractivity contribution >= 4 is 23.1 Å². The molecule has 1 amide bonds. The molecule has 0 atom stereocenters. The van der Waals surface area contributed by atoms with Crippen LogP contribution in [0.15, 0.2) is 66.9 Å². The number of nitrogens with zero attached hydrogens (tertiary/aromatic N) is 1. The average molecular weight is 359 g/mol. The van der Waals surface area contributed by atoms with E-state index >= 15 is 0 Å². The Bertz CT molecular complexity index is 906. The average Bonchev–Trinajstić information content (AvgIpc) is 2.63. The summed E-state index contributed by atoms with van der Waals surface area (Å²) in [4.78, 5) is 16.6. The van der Waals surface area contributed by atoms with E-state index in [9.17, 15) is 4.79 Å². The number of hydrogen-bond acceptors (Lipinski definition) is 3. The molecule has 0 spiro atoms. The zero-order chi connectivity index (χ0) is 19.4. The maximum atomic E-state index is 12.3. The molecule has 0 bridgehead atoms. The molecule has 4 nitrogen and oxygen atoms in total. The first kappa shape index (κ1) is 18.6. The Morgan fingerprint density at radius 2 is 1.48 bits per heavy atom. The Morgan fingerprint density at radius 1 is 0.852 bits per heavy atom. The molecule has 3 rings (SSSR count). The SMILES string of the molecule is Cc1ccc(C(=O)Nc2ccc(Nc3ccc(C(C)(C)C)cc3)nc2)cc1. The lowest BCUT2D eigenvalue weighted by Gasteiger charge is -2.19. The van der Waals surface area contributed by atoms with E-state index in [0.717, 1.165) is 17.1 Å². The summed E-state index contributed by atoms with van der Waals surface area (Å²) in [6, 6.07) is 19.5. The molecule has 4 heteroatoms. The smallest absolute Gasteiger partial charge is 0.255 e. The molecular weight excluding hydrogens is 334 g/mol. The molecule has 0 aliphatic heterocycles. The van der Waals surface area contributed by atoms with Gasteiger partial charge >= 0.3 is 0 Å². The number of anilines is 3. The monoisotopic (exact) mass is 359 g/mol. The van der Waals surface area contributed by atoms with Crippen molar-refractivity contribution < 1.29 is 4.79 Å². The van der Waals surface area contributed by atoms with Gasteiger partial charge in [-0.05, 0) is 54.3 Å². The van der Waals surface area contributed by atoms with E-state index in [1.807, 2.05) is 43.3 Å². The van der Waals surface area contributed by atoms with Crippen molar-refractivity contribution in [3.63, 3.8) is 0 Å². The van der Waals surface area contributed by atoms with Crippen LogP contribution in [0.3, 0.4) is 0 Å². The summed E-state index contributed by atoms with van der Waals surface area (Å²) in [6.07, 6.45) is 1.65. The molecule has 27 heavy (non-hydrogen) atoms. The van der Waals surface area contributed by atoms with Crippen LogP contribution in [0.2, 0.25) is 0 Å². The first-order valence-electron chi connectivity index (χ1n) is 9.03. The summed E-state index contributed by atoms with van der Waals surface area (Å²) in [6.45, 7) is 8.58. The third-order valence-electron chi connectivity index (χ3n) is 4.36. The second-order valence-electron chi connectivity index (χ2n) is 7.70. The zero-order valence-corrected chi connectivity index (χ0v) is 16.2. The van der Waals surface area contributed by atoms with Gasteiger partial charge in [-0.25, -0.2) is 4.98 Å². The molecule has 3 aromatic rings. The summed E-state index contributed by atoms with van der Waals surface area (Å²) in [5.74, 6) is 0.585. The zero-order valence-electron chi connectivity index (χ0n) is 16.2. The van der Waals surface area contributed by atoms with Crippen LogP contribution in [0.5, 0.6) is 0 Å². The molecule has 138 valence electrons. The standard InChI is InChI=1S/C23H25N3O/c1-16-5-7-17(8-6-16)22(27)26-20-13-14-21(24-15-20)25-19-11-9-18(10-12-19)23(2,3)4/h5-15H,1-4H3,(H,24,25)(H,26,27). The number of rotatable bonds is 4. The van der Waals surface area contributed by atoms with Crippen molar-refractivity contribution in [3.05, 3.63) is 83.6 Å². The van der Waals surface area contributed by atoms with Crippen molar-refractivity contribution in [2.24, 2.45) is 0 Å². The first-order chi connectivity index (χ1) is 12.8. The Hall–Kier alpha value is -3.14. The van der Waals surface area contributed by atoms with E-state index in [1.165, 1.54) is 5.56 Å². The molecule has 1 heterocycles. The Morgan fingerprint density at radius 3 is 2.04 bits per heavy atom. The van der Waals surface area contributed by atoms with Crippen molar-refractivity contribution in [1.29, 1.82) is 0 Å². The molecule has 2 N–H and O–H groups in total. The highest BCUT2D eigenvalue weighted by Crippen LogP contribution is 2.24. The highest BCUT2D eigenvalue weighted by Gasteiger charge is 2.12. The van der Waals surface area contributed by atoms with Gasteiger partial charge in [-0.2, -0.15) is 0 Å². The van der Waals surface area contributed by atoms with Crippen LogP contribution in [0, 0.1) is 6.92 Å². The van der Waals surface area contributed by atoms with E-state index in [2.05, 4.69) is 60.7 Å². The van der Waals surface area contributed by atoms with E-state index in [0.29, 0.717) is 11.3 Å². The van der Waals surface area contributed by atoms with E-state index in [-0.39, 0.29) is 11.3 Å². The van der Waals surface area contributed by atoms with Crippen LogP contribution in [0.4, 0.5) is 17.2 Å². The minimum atomic E-state index is -0.143. The van der Waals surface area contributed by atoms with Crippen molar-refractivity contribution in [2.45, 2.75) is 33.1 Å². The molecular formula is C23H25N3O. The fraction of sp³-hybridized carbons (Fsp3) is 0.217. The summed E-state index contributed by atoms with van der Waals surface area (Å²) in [7, 11) is 0. The largest absolute Gasteiger partial charge is 0.340 e. The van der Waals surface area contributed by atoms with E-state index < -0.39 is 0 Å². The Kier molecular flexibility index (Phi) is 5.26. The maximum absolute atomic E-state index is 12.3. The lowest BCUT2D eigenvalue weighted by atomic mass is 9.87. The molecule has 0 saturated carbocycles. The second kappa shape index (κ2) is 7.62. The summed E-state index contributed by atoms with van der Waals surface area (Å²) in [5, 5.41) is 6.14. The van der Waals surface area contributed by atoms with Gasteiger partial charge in [0.15, 0.2) is 0 Å². The van der Waals surface area contributed by atoms with Crippen molar-refractivity contribution in [1.82, 2.24) is 4.98 Å². The van der Waals surface area contributed by atoms with Crippen LogP contribution in [0.25, 0.3) is 0 Å². The van der Waals surface area contributed by atoms with Gasteiger partial charge in [-0.3, -0.25) is 4.79 Å². The highest BCUT2D eigenvalue weighted by molar-refractivity contribution is 6.04. The van der Waals surface area contributed by atoms with Crippen LogP contribution < -0.4 is 10.6 Å². The van der Waals surface area contributed by atoms with Crippen LogP contribution in [-0.4, -0.2) is 10.9 Å². The third kappa shape index (κ3) is 4.94. The minimum absolute atomic E-state index is 0.133. The number of nitrogens with one attached hydrogen (secondary N) is 2. The molecule has 0 fully saturated rings.